The number of rotatable bonds is 8. The van der Waals surface area contributed by atoms with E-state index in [1.807, 2.05) is 0 Å². The van der Waals surface area contributed by atoms with E-state index in [4.69, 9.17) is 4.74 Å². The highest BCUT2D eigenvalue weighted by Crippen LogP contribution is 2.23. The summed E-state index contributed by atoms with van der Waals surface area (Å²) in [7, 11) is 0. The Labute approximate surface area is 129 Å². The summed E-state index contributed by atoms with van der Waals surface area (Å²) in [5, 5.41) is 3.37. The fourth-order valence-electron chi connectivity index (χ4n) is 3.21. The van der Waals surface area contributed by atoms with Crippen LogP contribution >= 0.6 is 0 Å². The summed E-state index contributed by atoms with van der Waals surface area (Å²) in [6, 6.07) is 9.10. The topological polar surface area (TPSA) is 24.5 Å². The number of nitrogens with one attached hydrogen (secondary N) is 1. The van der Waals surface area contributed by atoms with Crippen LogP contribution in [0.2, 0.25) is 0 Å². The summed E-state index contributed by atoms with van der Waals surface area (Å²) in [4.78, 5) is 2.59. The highest BCUT2D eigenvalue weighted by molar-refractivity contribution is 5.33. The van der Waals surface area contributed by atoms with Crippen molar-refractivity contribution in [2.24, 2.45) is 5.92 Å². The molecule has 0 radical (unpaired) electrons. The zero-order chi connectivity index (χ0) is 15.1. The lowest BCUT2D eigenvalue weighted by molar-refractivity contribution is 0.168. The predicted octanol–water partition coefficient (Wildman–Crippen LogP) is 3.30. The van der Waals surface area contributed by atoms with Crippen LogP contribution in [-0.2, 0) is 6.54 Å². The van der Waals surface area contributed by atoms with Gasteiger partial charge in [-0.05, 0) is 37.9 Å². The van der Waals surface area contributed by atoms with Crippen LogP contribution in [0.15, 0.2) is 24.3 Å². The van der Waals surface area contributed by atoms with Crippen LogP contribution in [0.1, 0.15) is 39.2 Å². The smallest absolute Gasteiger partial charge is 0.123 e. The Balaban J connectivity index is 1.83. The molecule has 0 saturated carbocycles. The van der Waals surface area contributed by atoms with Crippen LogP contribution in [0.4, 0.5) is 0 Å². The van der Waals surface area contributed by atoms with Crippen LogP contribution in [0.25, 0.3) is 0 Å². The molecular weight excluding hydrogens is 260 g/mol. The van der Waals surface area contributed by atoms with Gasteiger partial charge >= 0.3 is 0 Å². The van der Waals surface area contributed by atoms with E-state index >= 15 is 0 Å². The standard InChI is InChI=1S/C18H30N2O/c1-4-19-14-16-8-5-6-10-18(16)21-13-12-20-11-7-9-17(20)15(2)3/h5-6,8,10,15,17,19H,4,7,9,11-14H2,1-3H3. The van der Waals surface area contributed by atoms with Crippen molar-refractivity contribution < 1.29 is 4.74 Å². The molecule has 1 unspecified atom stereocenters. The van der Waals surface area contributed by atoms with Gasteiger partial charge in [-0.3, -0.25) is 4.90 Å². The summed E-state index contributed by atoms with van der Waals surface area (Å²) in [6.45, 7) is 11.7. The molecule has 1 N–H and O–H groups in total. The van der Waals surface area contributed by atoms with Crippen molar-refractivity contribution in [3.05, 3.63) is 29.8 Å². The molecule has 2 rings (SSSR count). The van der Waals surface area contributed by atoms with Crippen molar-refractivity contribution in [3.8, 4) is 5.75 Å². The van der Waals surface area contributed by atoms with Gasteiger partial charge < -0.3 is 10.1 Å². The largest absolute Gasteiger partial charge is 0.492 e. The first-order valence-electron chi connectivity index (χ1n) is 8.37. The van der Waals surface area contributed by atoms with Gasteiger partial charge in [0, 0.05) is 24.7 Å². The first-order valence-corrected chi connectivity index (χ1v) is 8.37. The third-order valence-corrected chi connectivity index (χ3v) is 4.36. The normalized spacial score (nSPS) is 19.3. The second kappa shape index (κ2) is 8.40. The lowest BCUT2D eigenvalue weighted by atomic mass is 10.0. The number of likely N-dealkylation sites (tertiary alicyclic amines) is 1. The third-order valence-electron chi connectivity index (χ3n) is 4.36. The molecule has 21 heavy (non-hydrogen) atoms. The van der Waals surface area contributed by atoms with Crippen LogP contribution in [-0.4, -0.2) is 37.2 Å². The van der Waals surface area contributed by atoms with E-state index in [0.29, 0.717) is 0 Å². The monoisotopic (exact) mass is 290 g/mol. The van der Waals surface area contributed by atoms with Crippen molar-refractivity contribution >= 4 is 0 Å². The summed E-state index contributed by atoms with van der Waals surface area (Å²) >= 11 is 0. The molecule has 1 aromatic rings. The lowest BCUT2D eigenvalue weighted by Crippen LogP contribution is -2.36. The third kappa shape index (κ3) is 4.72. The quantitative estimate of drug-likeness (QED) is 0.795. The maximum absolute atomic E-state index is 6.04. The number of nitrogens with zero attached hydrogens (tertiary/aromatic N) is 1. The molecule has 1 aliphatic heterocycles. The number of hydrogen-bond acceptors (Lipinski definition) is 3. The Kier molecular flexibility index (Phi) is 6.52. The molecular formula is C18H30N2O. The molecule has 0 aromatic heterocycles. The van der Waals surface area contributed by atoms with E-state index in [1.54, 1.807) is 0 Å². The molecule has 1 aromatic carbocycles. The molecule has 3 nitrogen and oxygen atoms in total. The highest BCUT2D eigenvalue weighted by atomic mass is 16.5. The maximum Gasteiger partial charge on any atom is 0.123 e. The van der Waals surface area contributed by atoms with Crippen LogP contribution in [0.5, 0.6) is 5.75 Å². The summed E-state index contributed by atoms with van der Waals surface area (Å²) in [5.41, 5.74) is 1.25. The van der Waals surface area contributed by atoms with E-state index in [0.717, 1.165) is 44.0 Å². The Bertz CT molecular complexity index is 419. The summed E-state index contributed by atoms with van der Waals surface area (Å²) in [6.07, 6.45) is 2.68. The van der Waals surface area contributed by atoms with Crippen molar-refractivity contribution in [1.29, 1.82) is 0 Å². The molecule has 0 amide bonds. The van der Waals surface area contributed by atoms with E-state index < -0.39 is 0 Å². The van der Waals surface area contributed by atoms with Crippen LogP contribution in [0, 0.1) is 5.92 Å². The number of hydrogen-bond donors (Lipinski definition) is 1. The first kappa shape index (κ1) is 16.3. The van der Waals surface area contributed by atoms with Gasteiger partial charge in [-0.2, -0.15) is 0 Å². The molecule has 1 heterocycles. The zero-order valence-electron chi connectivity index (χ0n) is 13.8. The maximum atomic E-state index is 6.04. The molecule has 118 valence electrons. The van der Waals surface area contributed by atoms with Gasteiger partial charge in [-0.1, -0.05) is 39.0 Å². The molecule has 0 aliphatic carbocycles. The zero-order valence-corrected chi connectivity index (χ0v) is 13.8. The van der Waals surface area contributed by atoms with Crippen molar-refractivity contribution in [2.45, 2.75) is 46.2 Å². The van der Waals surface area contributed by atoms with E-state index in [1.165, 1.54) is 24.9 Å². The second-order valence-corrected chi connectivity index (χ2v) is 6.23. The minimum absolute atomic E-state index is 0.741. The van der Waals surface area contributed by atoms with Crippen molar-refractivity contribution in [3.63, 3.8) is 0 Å². The summed E-state index contributed by atoms with van der Waals surface area (Å²) in [5.74, 6) is 1.77. The van der Waals surface area contributed by atoms with Gasteiger partial charge in [0.2, 0.25) is 0 Å². The molecule has 1 aliphatic rings. The Morgan fingerprint density at radius 1 is 1.33 bits per heavy atom. The molecule has 0 spiro atoms. The summed E-state index contributed by atoms with van der Waals surface area (Å²) < 4.78 is 6.04. The fourth-order valence-corrected chi connectivity index (χ4v) is 3.21. The van der Waals surface area contributed by atoms with Gasteiger partial charge in [0.15, 0.2) is 0 Å². The van der Waals surface area contributed by atoms with E-state index in [2.05, 4.69) is 55.3 Å². The fraction of sp³-hybridized carbons (Fsp3) is 0.667. The van der Waals surface area contributed by atoms with Gasteiger partial charge in [-0.15, -0.1) is 0 Å². The Hall–Kier alpha value is -1.06. The highest BCUT2D eigenvalue weighted by Gasteiger charge is 2.26. The molecule has 1 fully saturated rings. The number of para-hydroxylation sites is 1. The van der Waals surface area contributed by atoms with Gasteiger partial charge in [0.05, 0.1) is 0 Å². The van der Waals surface area contributed by atoms with Gasteiger partial charge in [0.25, 0.3) is 0 Å². The lowest BCUT2D eigenvalue weighted by Gasteiger charge is -2.27. The number of ether oxygens (including phenoxy) is 1. The van der Waals surface area contributed by atoms with Gasteiger partial charge in [0.1, 0.15) is 12.4 Å². The molecule has 0 bridgehead atoms. The minimum atomic E-state index is 0.741. The Morgan fingerprint density at radius 3 is 2.90 bits per heavy atom. The Morgan fingerprint density at radius 2 is 2.14 bits per heavy atom. The predicted molar refractivity (Wildman–Crippen MR) is 88.8 cm³/mol. The first-order chi connectivity index (χ1) is 10.2. The van der Waals surface area contributed by atoms with Crippen LogP contribution < -0.4 is 10.1 Å². The molecule has 3 heteroatoms. The number of benzene rings is 1. The minimum Gasteiger partial charge on any atom is -0.492 e. The van der Waals surface area contributed by atoms with E-state index in [-0.39, 0.29) is 0 Å². The second-order valence-electron chi connectivity index (χ2n) is 6.23. The molecule has 1 atom stereocenters. The SMILES string of the molecule is CCNCc1ccccc1OCCN1CCCC1C(C)C. The van der Waals surface area contributed by atoms with Crippen molar-refractivity contribution in [1.82, 2.24) is 10.2 Å². The average Bonchev–Trinajstić information content (AvgIpc) is 2.95. The molecule has 1 saturated heterocycles. The van der Waals surface area contributed by atoms with Crippen LogP contribution in [0.3, 0.4) is 0 Å². The average molecular weight is 290 g/mol. The van der Waals surface area contributed by atoms with Gasteiger partial charge in [-0.25, -0.2) is 0 Å². The van der Waals surface area contributed by atoms with E-state index in [9.17, 15) is 0 Å². The van der Waals surface area contributed by atoms with Crippen molar-refractivity contribution in [2.75, 3.05) is 26.2 Å².